The molecule has 0 aliphatic carbocycles. The van der Waals surface area contributed by atoms with Gasteiger partial charge in [0.15, 0.2) is 12.1 Å². The smallest absolute Gasteiger partial charge is 0.198 e. The minimum Gasteiger partial charge on any atom is -0.372 e. The van der Waals surface area contributed by atoms with E-state index in [1.807, 2.05) is 0 Å². The molecular weight excluding hydrogens is 147 g/mol. The molecule has 0 amide bonds. The highest BCUT2D eigenvalue weighted by Crippen LogP contribution is 2.28. The molecule has 0 saturated carbocycles. The van der Waals surface area contributed by atoms with Gasteiger partial charge in [0, 0.05) is 6.42 Å². The molecule has 0 bridgehead atoms. The van der Waals surface area contributed by atoms with Crippen LogP contribution in [0.2, 0.25) is 0 Å². The van der Waals surface area contributed by atoms with E-state index >= 15 is 0 Å². The van der Waals surface area contributed by atoms with Crippen LogP contribution in [-0.2, 0) is 4.74 Å². The Morgan fingerprint density at radius 1 is 1.73 bits per heavy atom. The fourth-order valence-electron chi connectivity index (χ4n) is 0.965. The average Bonchev–Trinajstić information content (AvgIpc) is 1.90. The van der Waals surface area contributed by atoms with Crippen molar-refractivity contribution in [2.24, 2.45) is 0 Å². The van der Waals surface area contributed by atoms with Crippen LogP contribution in [0.25, 0.3) is 0 Å². The van der Waals surface area contributed by atoms with E-state index in [-0.39, 0.29) is 6.10 Å². The van der Waals surface area contributed by atoms with Gasteiger partial charge < -0.3 is 4.74 Å². The van der Waals surface area contributed by atoms with Gasteiger partial charge in [-0.25, -0.2) is 14.4 Å². The zero-order valence-corrected chi connectivity index (χ0v) is 5.75. The lowest BCUT2D eigenvalue weighted by molar-refractivity contribution is -0.0574. The summed E-state index contributed by atoms with van der Waals surface area (Å²) in [6.45, 7) is 0.689. The number of rotatable bonds is 1. The van der Waals surface area contributed by atoms with Crippen molar-refractivity contribution in [1.82, 2.24) is 9.97 Å². The van der Waals surface area contributed by atoms with Gasteiger partial charge in [-0.15, -0.1) is 0 Å². The fourth-order valence-corrected chi connectivity index (χ4v) is 0.965. The molecule has 57 valence electrons. The van der Waals surface area contributed by atoms with Crippen LogP contribution >= 0.6 is 0 Å². The molecule has 1 aliphatic rings. The molecule has 1 aliphatic heterocycles. The Bertz CT molecular complexity index is 262. The first-order chi connectivity index (χ1) is 5.38. The van der Waals surface area contributed by atoms with Gasteiger partial charge in [-0.2, -0.15) is 0 Å². The minimum atomic E-state index is -0.409. The molecule has 4 heteroatoms. The van der Waals surface area contributed by atoms with Gasteiger partial charge in [0.05, 0.1) is 12.8 Å². The van der Waals surface area contributed by atoms with Crippen LogP contribution < -0.4 is 0 Å². The second-order valence-corrected chi connectivity index (χ2v) is 2.35. The van der Waals surface area contributed by atoms with E-state index in [9.17, 15) is 4.39 Å². The molecule has 1 atom stereocenters. The first-order valence-corrected chi connectivity index (χ1v) is 3.38. The summed E-state index contributed by atoms with van der Waals surface area (Å²) in [4.78, 5) is 7.08. The van der Waals surface area contributed by atoms with Gasteiger partial charge in [-0.05, 0) is 0 Å². The lowest BCUT2D eigenvalue weighted by atomic mass is 10.1. The zero-order valence-electron chi connectivity index (χ0n) is 5.75. The van der Waals surface area contributed by atoms with Gasteiger partial charge in [0.25, 0.3) is 0 Å². The van der Waals surface area contributed by atoms with Crippen LogP contribution in [0.1, 0.15) is 18.2 Å². The van der Waals surface area contributed by atoms with Crippen LogP contribution in [0.4, 0.5) is 4.39 Å². The Balaban J connectivity index is 2.28. The summed E-state index contributed by atoms with van der Waals surface area (Å²) in [5, 5.41) is 0. The molecule has 1 radical (unpaired) electrons. The monoisotopic (exact) mass is 153 g/mol. The van der Waals surface area contributed by atoms with Crippen molar-refractivity contribution in [3.8, 4) is 0 Å². The van der Waals surface area contributed by atoms with E-state index in [1.54, 1.807) is 0 Å². The normalized spacial score (nSPS) is 22.8. The van der Waals surface area contributed by atoms with E-state index in [0.29, 0.717) is 12.3 Å². The number of aromatic nitrogens is 2. The quantitative estimate of drug-likeness (QED) is 0.600. The Hall–Kier alpha value is -1.03. The summed E-state index contributed by atoms with van der Waals surface area (Å²) in [5.41, 5.74) is 0.325. The van der Waals surface area contributed by atoms with Gasteiger partial charge >= 0.3 is 0 Å². The maximum absolute atomic E-state index is 12.8. The van der Waals surface area contributed by atoms with Crippen molar-refractivity contribution >= 4 is 0 Å². The molecule has 1 aromatic heterocycles. The van der Waals surface area contributed by atoms with Crippen molar-refractivity contribution in [2.75, 3.05) is 6.61 Å². The summed E-state index contributed by atoms with van der Waals surface area (Å²) in [6, 6.07) is 0. The van der Waals surface area contributed by atoms with Crippen molar-refractivity contribution in [3.05, 3.63) is 24.0 Å². The van der Waals surface area contributed by atoms with Crippen LogP contribution in [0.3, 0.4) is 0 Å². The summed E-state index contributed by atoms with van der Waals surface area (Å²) < 4.78 is 17.9. The Morgan fingerprint density at radius 2 is 2.55 bits per heavy atom. The third-order valence-corrected chi connectivity index (χ3v) is 1.65. The number of hydrogen-bond acceptors (Lipinski definition) is 3. The highest BCUT2D eigenvalue weighted by atomic mass is 19.1. The van der Waals surface area contributed by atoms with E-state index in [2.05, 4.69) is 16.3 Å². The van der Waals surface area contributed by atoms with Crippen LogP contribution in [0, 0.1) is 12.1 Å². The predicted octanol–water partition coefficient (Wildman–Crippen LogP) is 0.877. The van der Waals surface area contributed by atoms with Gasteiger partial charge in [-0.3, -0.25) is 0 Å². The third kappa shape index (κ3) is 1.09. The Kier molecular flexibility index (Phi) is 1.54. The Labute approximate surface area is 63.2 Å². The van der Waals surface area contributed by atoms with Crippen LogP contribution in [0.5, 0.6) is 0 Å². The predicted molar refractivity (Wildman–Crippen MR) is 34.1 cm³/mol. The SMILES string of the molecule is Fc1cn[c]nc1C1CCO1. The fraction of sp³-hybridized carbons (Fsp3) is 0.429. The molecule has 2 heterocycles. The van der Waals surface area contributed by atoms with Gasteiger partial charge in [0.1, 0.15) is 11.8 Å². The molecule has 11 heavy (non-hydrogen) atoms. The highest BCUT2D eigenvalue weighted by Gasteiger charge is 2.24. The van der Waals surface area contributed by atoms with E-state index in [4.69, 9.17) is 4.74 Å². The van der Waals surface area contributed by atoms with E-state index in [0.717, 1.165) is 12.6 Å². The molecule has 1 unspecified atom stereocenters. The first kappa shape index (κ1) is 6.67. The van der Waals surface area contributed by atoms with Gasteiger partial charge in [-0.1, -0.05) is 0 Å². The molecule has 1 saturated heterocycles. The average molecular weight is 153 g/mol. The summed E-state index contributed by atoms with van der Waals surface area (Å²) in [5.74, 6) is -0.409. The topological polar surface area (TPSA) is 35.0 Å². The number of nitrogens with zero attached hydrogens (tertiary/aromatic N) is 2. The lowest BCUT2D eigenvalue weighted by Crippen LogP contribution is -2.20. The van der Waals surface area contributed by atoms with Gasteiger partial charge in [0.2, 0.25) is 0 Å². The maximum atomic E-state index is 12.8. The number of halogens is 1. The summed E-state index contributed by atoms with van der Waals surface area (Å²) in [6.07, 6.45) is 4.10. The number of ether oxygens (including phenoxy) is 1. The van der Waals surface area contributed by atoms with Crippen molar-refractivity contribution in [2.45, 2.75) is 12.5 Å². The van der Waals surface area contributed by atoms with E-state index < -0.39 is 5.82 Å². The Morgan fingerprint density at radius 3 is 3.09 bits per heavy atom. The van der Waals surface area contributed by atoms with Crippen molar-refractivity contribution in [1.29, 1.82) is 0 Å². The molecule has 0 aromatic carbocycles. The standard InChI is InChI=1S/C7H6FN2O/c8-5-3-9-4-10-7(5)6-1-2-11-6/h3,6H,1-2H2. The van der Waals surface area contributed by atoms with Crippen LogP contribution in [-0.4, -0.2) is 16.6 Å². The minimum absolute atomic E-state index is 0.172. The van der Waals surface area contributed by atoms with Crippen molar-refractivity contribution < 1.29 is 9.13 Å². The molecule has 2 rings (SSSR count). The first-order valence-electron chi connectivity index (χ1n) is 3.38. The second kappa shape index (κ2) is 2.54. The molecule has 0 N–H and O–H groups in total. The zero-order chi connectivity index (χ0) is 7.68. The summed E-state index contributed by atoms with van der Waals surface area (Å²) >= 11 is 0. The maximum Gasteiger partial charge on any atom is 0.198 e. The largest absolute Gasteiger partial charge is 0.372 e. The molecule has 1 fully saturated rings. The second-order valence-electron chi connectivity index (χ2n) is 2.35. The van der Waals surface area contributed by atoms with Crippen LogP contribution in [0.15, 0.2) is 6.20 Å². The molecule has 1 aromatic rings. The van der Waals surface area contributed by atoms with Crippen molar-refractivity contribution in [3.63, 3.8) is 0 Å². The molecule has 0 spiro atoms. The molecular formula is C7H6FN2O. The highest BCUT2D eigenvalue weighted by molar-refractivity contribution is 5.07. The third-order valence-electron chi connectivity index (χ3n) is 1.65. The van der Waals surface area contributed by atoms with E-state index in [1.165, 1.54) is 0 Å². The summed E-state index contributed by atoms with van der Waals surface area (Å²) in [7, 11) is 0. The lowest BCUT2D eigenvalue weighted by Gasteiger charge is -2.25. The number of hydrogen-bond donors (Lipinski definition) is 0. The molecule has 3 nitrogen and oxygen atoms in total.